The molecule has 0 aliphatic carbocycles. The fourth-order valence-electron chi connectivity index (χ4n) is 1.12. The number of hydrogen-bond donors (Lipinski definition) is 1. The Hall–Kier alpha value is -1.26. The van der Waals surface area contributed by atoms with E-state index in [1.807, 2.05) is 0 Å². The quantitative estimate of drug-likeness (QED) is 0.671. The van der Waals surface area contributed by atoms with Crippen molar-refractivity contribution in [2.75, 3.05) is 18.3 Å². The van der Waals surface area contributed by atoms with Crippen molar-refractivity contribution >= 4 is 40.8 Å². The third-order valence-electron chi connectivity index (χ3n) is 1.80. The molecule has 0 spiro atoms. The molecule has 0 unspecified atom stereocenters. The first kappa shape index (κ1) is 12.8. The van der Waals surface area contributed by atoms with Crippen LogP contribution in [0.3, 0.4) is 0 Å². The molecule has 1 aromatic rings. The summed E-state index contributed by atoms with van der Waals surface area (Å²) in [6, 6.07) is 4.69. The lowest BCUT2D eigenvalue weighted by Gasteiger charge is -2.09. The van der Waals surface area contributed by atoms with Crippen molar-refractivity contribution in [3.05, 3.63) is 28.8 Å². The zero-order valence-electron chi connectivity index (χ0n) is 8.42. The predicted octanol–water partition coefficient (Wildman–Crippen LogP) is 2.30. The minimum Gasteiger partial charge on any atom is -0.465 e. The van der Waals surface area contributed by atoms with E-state index in [1.165, 1.54) is 13.2 Å². The molecule has 0 aromatic heterocycles. The Kier molecular flexibility index (Phi) is 4.58. The van der Waals surface area contributed by atoms with Crippen LogP contribution in [0.5, 0.6) is 0 Å². The van der Waals surface area contributed by atoms with E-state index in [2.05, 4.69) is 10.1 Å². The highest BCUT2D eigenvalue weighted by Gasteiger charge is 2.17. The van der Waals surface area contributed by atoms with Gasteiger partial charge < -0.3 is 10.1 Å². The normalized spacial score (nSPS) is 9.69. The van der Waals surface area contributed by atoms with Crippen LogP contribution in [0.15, 0.2) is 18.2 Å². The van der Waals surface area contributed by atoms with Gasteiger partial charge in [0.15, 0.2) is 0 Å². The van der Waals surface area contributed by atoms with Crippen LogP contribution < -0.4 is 5.32 Å². The van der Waals surface area contributed by atoms with Crippen LogP contribution in [-0.4, -0.2) is 24.9 Å². The smallest absolute Gasteiger partial charge is 0.341 e. The first-order valence-corrected chi connectivity index (χ1v) is 5.24. The van der Waals surface area contributed by atoms with Crippen LogP contribution in [0.2, 0.25) is 5.02 Å². The Morgan fingerprint density at radius 3 is 2.69 bits per heavy atom. The van der Waals surface area contributed by atoms with Gasteiger partial charge in [-0.25, -0.2) is 4.79 Å². The van der Waals surface area contributed by atoms with E-state index in [0.717, 1.165) is 0 Å². The van der Waals surface area contributed by atoms with Crippen LogP contribution in [0.1, 0.15) is 10.4 Å². The molecule has 0 aliphatic rings. The summed E-state index contributed by atoms with van der Waals surface area (Å²) in [4.78, 5) is 22.6. The second-order valence-electron chi connectivity index (χ2n) is 2.84. The number of nitrogens with one attached hydrogen (secondary N) is 1. The van der Waals surface area contributed by atoms with Crippen molar-refractivity contribution < 1.29 is 14.3 Å². The van der Waals surface area contributed by atoms with E-state index in [4.69, 9.17) is 23.2 Å². The topological polar surface area (TPSA) is 55.4 Å². The van der Waals surface area contributed by atoms with Gasteiger partial charge in [-0.2, -0.15) is 0 Å². The summed E-state index contributed by atoms with van der Waals surface area (Å²) in [6.45, 7) is 0. The molecule has 0 heterocycles. The predicted molar refractivity (Wildman–Crippen MR) is 62.1 cm³/mol. The summed E-state index contributed by atoms with van der Waals surface area (Å²) in [5, 5.41) is 2.67. The Balaban J connectivity index is 3.12. The molecule has 6 heteroatoms. The van der Waals surface area contributed by atoms with Crippen molar-refractivity contribution in [3.63, 3.8) is 0 Å². The summed E-state index contributed by atoms with van der Waals surface area (Å²) >= 11 is 11.2. The highest BCUT2D eigenvalue weighted by Crippen LogP contribution is 2.25. The zero-order valence-corrected chi connectivity index (χ0v) is 9.93. The molecule has 0 saturated heterocycles. The van der Waals surface area contributed by atoms with Gasteiger partial charge in [0.05, 0.1) is 17.8 Å². The molecular formula is C10H9Cl2NO3. The summed E-state index contributed by atoms with van der Waals surface area (Å²) in [7, 11) is 1.23. The lowest BCUT2D eigenvalue weighted by Crippen LogP contribution is -2.16. The molecule has 1 amide bonds. The number of rotatable bonds is 3. The maximum absolute atomic E-state index is 11.4. The fourth-order valence-corrected chi connectivity index (χ4v) is 1.44. The van der Waals surface area contributed by atoms with Gasteiger partial charge in [-0.3, -0.25) is 4.79 Å². The number of benzene rings is 1. The highest BCUT2D eigenvalue weighted by atomic mass is 35.5. The number of esters is 1. The molecule has 0 bridgehead atoms. The number of anilines is 1. The average molecular weight is 262 g/mol. The number of methoxy groups -OCH3 is 1. The van der Waals surface area contributed by atoms with Crippen LogP contribution in [0.4, 0.5) is 5.69 Å². The Morgan fingerprint density at radius 1 is 1.44 bits per heavy atom. The van der Waals surface area contributed by atoms with Gasteiger partial charge in [0.25, 0.3) is 0 Å². The van der Waals surface area contributed by atoms with E-state index in [9.17, 15) is 9.59 Å². The molecule has 1 N–H and O–H groups in total. The van der Waals surface area contributed by atoms with Gasteiger partial charge in [-0.1, -0.05) is 17.7 Å². The lowest BCUT2D eigenvalue weighted by atomic mass is 10.1. The number of carbonyl (C=O) groups excluding carboxylic acids is 2. The summed E-state index contributed by atoms with van der Waals surface area (Å²) in [5.74, 6) is -1.24. The molecule has 0 aliphatic heterocycles. The van der Waals surface area contributed by atoms with Gasteiger partial charge in [0.2, 0.25) is 5.91 Å². The first-order chi connectivity index (χ1) is 7.60. The maximum Gasteiger partial charge on any atom is 0.341 e. The fraction of sp³-hybridized carbons (Fsp3) is 0.200. The van der Waals surface area contributed by atoms with Crippen LogP contribution >= 0.6 is 23.2 Å². The molecule has 4 nitrogen and oxygen atoms in total. The third kappa shape index (κ3) is 2.87. The number of hydrogen-bond acceptors (Lipinski definition) is 3. The number of halogens is 2. The first-order valence-electron chi connectivity index (χ1n) is 4.32. The van der Waals surface area contributed by atoms with Gasteiger partial charge in [0, 0.05) is 0 Å². The van der Waals surface area contributed by atoms with E-state index in [-0.39, 0.29) is 22.2 Å². The Labute approximate surface area is 102 Å². The van der Waals surface area contributed by atoms with E-state index >= 15 is 0 Å². The molecule has 1 aromatic carbocycles. The van der Waals surface area contributed by atoms with Crippen molar-refractivity contribution in [3.8, 4) is 0 Å². The van der Waals surface area contributed by atoms with Crippen LogP contribution in [-0.2, 0) is 9.53 Å². The maximum atomic E-state index is 11.4. The van der Waals surface area contributed by atoms with Gasteiger partial charge >= 0.3 is 5.97 Å². The van der Waals surface area contributed by atoms with Crippen molar-refractivity contribution in [2.45, 2.75) is 0 Å². The number of alkyl halides is 1. The second-order valence-corrected chi connectivity index (χ2v) is 3.51. The largest absolute Gasteiger partial charge is 0.465 e. The number of ether oxygens (including phenoxy) is 1. The minimum absolute atomic E-state index is 0.116. The van der Waals surface area contributed by atoms with Gasteiger partial charge in [-0.15, -0.1) is 11.6 Å². The third-order valence-corrected chi connectivity index (χ3v) is 2.36. The molecule has 0 saturated carbocycles. The number of carbonyl (C=O) groups is 2. The van der Waals surface area contributed by atoms with Gasteiger partial charge in [0.1, 0.15) is 11.4 Å². The Morgan fingerprint density at radius 2 is 2.12 bits per heavy atom. The molecule has 1 rings (SSSR count). The molecule has 0 radical (unpaired) electrons. The highest BCUT2D eigenvalue weighted by molar-refractivity contribution is 6.35. The van der Waals surface area contributed by atoms with E-state index < -0.39 is 11.9 Å². The van der Waals surface area contributed by atoms with Crippen LogP contribution in [0, 0.1) is 0 Å². The molecule has 0 atom stereocenters. The minimum atomic E-state index is -0.615. The van der Waals surface area contributed by atoms with E-state index in [1.54, 1.807) is 12.1 Å². The zero-order chi connectivity index (χ0) is 12.1. The van der Waals surface area contributed by atoms with Crippen molar-refractivity contribution in [1.82, 2.24) is 0 Å². The number of amides is 1. The standard InChI is InChI=1S/C10H9Cl2NO3/c1-16-10(15)9-6(12)3-2-4-7(9)13-8(14)5-11/h2-4H,5H2,1H3,(H,13,14). The summed E-state index contributed by atoms with van der Waals surface area (Å²) in [6.07, 6.45) is 0. The SMILES string of the molecule is COC(=O)c1c(Cl)cccc1NC(=O)CCl. The Bertz CT molecular complexity index is 421. The molecule has 0 fully saturated rings. The summed E-state index contributed by atoms with van der Waals surface area (Å²) in [5.41, 5.74) is 0.398. The van der Waals surface area contributed by atoms with Crippen LogP contribution in [0.25, 0.3) is 0 Å². The average Bonchev–Trinajstić information content (AvgIpc) is 2.28. The molecular weight excluding hydrogens is 253 g/mol. The monoisotopic (exact) mass is 261 g/mol. The molecule has 86 valence electrons. The van der Waals surface area contributed by atoms with Crippen molar-refractivity contribution in [1.29, 1.82) is 0 Å². The molecule has 16 heavy (non-hydrogen) atoms. The second kappa shape index (κ2) is 5.72. The lowest BCUT2D eigenvalue weighted by molar-refractivity contribution is -0.113. The van der Waals surface area contributed by atoms with Gasteiger partial charge in [-0.05, 0) is 12.1 Å². The van der Waals surface area contributed by atoms with E-state index in [0.29, 0.717) is 0 Å². The summed E-state index contributed by atoms with van der Waals surface area (Å²) < 4.78 is 4.57. The van der Waals surface area contributed by atoms with Crippen molar-refractivity contribution in [2.24, 2.45) is 0 Å².